The molecule has 0 unspecified atom stereocenters. The lowest BCUT2D eigenvalue weighted by molar-refractivity contribution is 0.795. The average Bonchev–Trinajstić information content (AvgIpc) is 1.51. The first kappa shape index (κ1) is 57.2. The van der Waals surface area contributed by atoms with Crippen LogP contribution in [0, 0.1) is 0 Å². The van der Waals surface area contributed by atoms with Crippen molar-refractivity contribution in [3.63, 3.8) is 0 Å². The zero-order valence-electron chi connectivity index (χ0n) is 53.5. The van der Waals surface area contributed by atoms with Crippen LogP contribution < -0.4 is 0 Å². The maximum absolute atomic E-state index is 2.53. The van der Waals surface area contributed by atoms with Crippen molar-refractivity contribution in [2.75, 3.05) is 0 Å². The van der Waals surface area contributed by atoms with Gasteiger partial charge in [-0.05, 0) is 202 Å². The molecule has 1 spiro atoms. The van der Waals surface area contributed by atoms with Gasteiger partial charge in [0.05, 0.1) is 5.41 Å². The predicted octanol–water partition coefficient (Wildman–Crippen LogP) is 26.0. The largest absolute Gasteiger partial charge is 0.0726 e. The van der Waals surface area contributed by atoms with E-state index in [0.29, 0.717) is 0 Å². The van der Waals surface area contributed by atoms with E-state index in [0.717, 1.165) is 0 Å². The molecule has 18 rings (SSSR count). The minimum absolute atomic E-state index is 0.699. The lowest BCUT2D eigenvalue weighted by Gasteiger charge is -2.32. The van der Waals surface area contributed by atoms with Crippen LogP contribution in [0.25, 0.3) is 156 Å². The summed E-state index contributed by atoms with van der Waals surface area (Å²) in [5.41, 5.74) is 38.3. The lowest BCUT2D eigenvalue weighted by atomic mass is 9.69. The summed E-state index contributed by atoms with van der Waals surface area (Å²) in [4.78, 5) is 0. The van der Waals surface area contributed by atoms with Crippen LogP contribution in [0.2, 0.25) is 0 Å². The van der Waals surface area contributed by atoms with Gasteiger partial charge in [-0.3, -0.25) is 0 Å². The van der Waals surface area contributed by atoms with Crippen molar-refractivity contribution in [1.29, 1.82) is 0 Å². The van der Waals surface area contributed by atoms with Gasteiger partial charge in [-0.25, -0.2) is 0 Å². The van der Waals surface area contributed by atoms with Crippen molar-refractivity contribution in [1.82, 2.24) is 0 Å². The molecule has 0 radical (unpaired) electrons. The summed E-state index contributed by atoms with van der Waals surface area (Å²) in [6.45, 7) is 0. The molecule has 0 fully saturated rings. The van der Waals surface area contributed by atoms with E-state index in [1.807, 2.05) is 0 Å². The molecule has 0 bridgehead atoms. The molecule has 0 amide bonds. The van der Waals surface area contributed by atoms with Gasteiger partial charge in [0.15, 0.2) is 0 Å². The second-order valence-corrected chi connectivity index (χ2v) is 25.9. The third-order valence-electron chi connectivity index (χ3n) is 20.4. The highest BCUT2D eigenvalue weighted by Crippen LogP contribution is 2.64. The zero-order chi connectivity index (χ0) is 64.2. The first-order chi connectivity index (χ1) is 48.0. The average molecular weight is 1230 g/mol. The fourth-order valence-electron chi connectivity index (χ4n) is 15.3. The van der Waals surface area contributed by atoms with E-state index in [1.165, 1.54) is 178 Å². The third-order valence-corrected chi connectivity index (χ3v) is 20.4. The Morgan fingerprint density at radius 3 is 0.361 bits per heavy atom. The van der Waals surface area contributed by atoms with Crippen molar-refractivity contribution < 1.29 is 0 Å². The van der Waals surface area contributed by atoms with Gasteiger partial charge >= 0.3 is 0 Å². The van der Waals surface area contributed by atoms with Gasteiger partial charge in [0.1, 0.15) is 0 Å². The van der Waals surface area contributed by atoms with Crippen LogP contribution in [0.4, 0.5) is 0 Å². The van der Waals surface area contributed by atoms with Crippen LogP contribution in [-0.2, 0) is 5.41 Å². The fraction of sp³-hybridized carbons (Fsp3) is 0.0103. The second-order valence-electron chi connectivity index (χ2n) is 25.9. The Labute approximate surface area is 568 Å². The van der Waals surface area contributed by atoms with E-state index < -0.39 is 5.41 Å². The quantitative estimate of drug-likeness (QED) is 0.114. The van der Waals surface area contributed by atoms with Crippen LogP contribution in [0.3, 0.4) is 0 Å². The molecular formula is C97H64. The predicted molar refractivity (Wildman–Crippen MR) is 408 cm³/mol. The van der Waals surface area contributed by atoms with Gasteiger partial charge in [0, 0.05) is 0 Å². The van der Waals surface area contributed by atoms with Gasteiger partial charge in [0.25, 0.3) is 0 Å². The molecule has 0 N–H and O–H groups in total. The van der Waals surface area contributed by atoms with E-state index in [-0.39, 0.29) is 0 Å². The Morgan fingerprint density at radius 1 is 0.103 bits per heavy atom. The summed E-state index contributed by atoms with van der Waals surface area (Å²) in [6, 6.07) is 144. The molecule has 16 aromatic rings. The highest BCUT2D eigenvalue weighted by Gasteiger charge is 2.52. The number of benzene rings is 16. The van der Waals surface area contributed by atoms with Crippen LogP contribution in [0.1, 0.15) is 22.3 Å². The molecular weight excluding hydrogens is 1170 g/mol. The van der Waals surface area contributed by atoms with E-state index >= 15 is 0 Å². The lowest BCUT2D eigenvalue weighted by Crippen LogP contribution is -2.26. The zero-order valence-corrected chi connectivity index (χ0v) is 53.5. The summed E-state index contributed by atoms with van der Waals surface area (Å²) in [5.74, 6) is 0. The number of rotatable bonds is 12. The van der Waals surface area contributed by atoms with Gasteiger partial charge in [-0.1, -0.05) is 364 Å². The monoisotopic (exact) mass is 1230 g/mol. The molecule has 97 heavy (non-hydrogen) atoms. The first-order valence-electron chi connectivity index (χ1n) is 33.7. The molecule has 0 aromatic heterocycles. The smallest absolute Gasteiger partial charge is 0.0622 e. The van der Waals surface area contributed by atoms with E-state index in [1.54, 1.807) is 0 Å². The summed E-state index contributed by atoms with van der Waals surface area (Å²) >= 11 is 0. The van der Waals surface area contributed by atoms with Gasteiger partial charge < -0.3 is 0 Å². The van der Waals surface area contributed by atoms with E-state index in [2.05, 4.69) is 388 Å². The molecule has 0 heteroatoms. The number of hydrogen-bond acceptors (Lipinski definition) is 0. The van der Waals surface area contributed by atoms with Crippen LogP contribution in [0.15, 0.2) is 388 Å². The van der Waals surface area contributed by atoms with Crippen molar-refractivity contribution in [2.24, 2.45) is 0 Å². The number of hydrogen-bond donors (Lipinski definition) is 0. The number of fused-ring (bicyclic) bond motifs is 10. The summed E-state index contributed by atoms with van der Waals surface area (Å²) < 4.78 is 0. The Bertz CT molecular complexity index is 4830. The highest BCUT2D eigenvalue weighted by molar-refractivity contribution is 5.99. The van der Waals surface area contributed by atoms with Crippen molar-refractivity contribution in [3.8, 4) is 156 Å². The van der Waals surface area contributed by atoms with Crippen LogP contribution >= 0.6 is 0 Å². The molecule has 2 aliphatic rings. The Balaban J connectivity index is 0.776. The SMILES string of the molecule is c1ccc(-c2ccc(-c3ccc(-c4ccc5c(c4)C4(c6cc(-c7ccc(-c8ccc(-c9ccccc9)cc8)cc7)ccc6-5)c5cc(-c6ccc(-c7ccc(-c8ccccc8)cc7)cc6)ccc5-c5ccc(-c6ccc(-c7ccc(-c8ccccc8)cc7)cc6)cc54)cc3)cc2)cc1. The molecule has 0 heterocycles. The summed E-state index contributed by atoms with van der Waals surface area (Å²) in [6.07, 6.45) is 0. The Morgan fingerprint density at radius 2 is 0.216 bits per heavy atom. The molecule has 0 aliphatic heterocycles. The minimum atomic E-state index is -0.699. The maximum atomic E-state index is 2.53. The van der Waals surface area contributed by atoms with Crippen LogP contribution in [-0.4, -0.2) is 0 Å². The molecule has 0 nitrogen and oxygen atoms in total. The molecule has 16 aromatic carbocycles. The van der Waals surface area contributed by atoms with Gasteiger partial charge in [-0.15, -0.1) is 0 Å². The van der Waals surface area contributed by atoms with Crippen molar-refractivity contribution in [2.45, 2.75) is 5.41 Å². The van der Waals surface area contributed by atoms with E-state index in [9.17, 15) is 0 Å². The van der Waals surface area contributed by atoms with Crippen LogP contribution in [0.5, 0.6) is 0 Å². The molecule has 452 valence electrons. The molecule has 0 saturated heterocycles. The van der Waals surface area contributed by atoms with Crippen molar-refractivity contribution >= 4 is 0 Å². The minimum Gasteiger partial charge on any atom is -0.0622 e. The highest BCUT2D eigenvalue weighted by atomic mass is 14.5. The first-order valence-corrected chi connectivity index (χ1v) is 33.7. The summed E-state index contributed by atoms with van der Waals surface area (Å²) in [7, 11) is 0. The second kappa shape index (κ2) is 24.1. The Hall–Kier alpha value is -12.5. The van der Waals surface area contributed by atoms with Gasteiger partial charge in [0.2, 0.25) is 0 Å². The van der Waals surface area contributed by atoms with Gasteiger partial charge in [-0.2, -0.15) is 0 Å². The normalized spacial score (nSPS) is 12.2. The molecule has 0 saturated carbocycles. The van der Waals surface area contributed by atoms with E-state index in [4.69, 9.17) is 0 Å². The fourth-order valence-corrected chi connectivity index (χ4v) is 15.3. The standard InChI is InChI=1S/C97H64/c1-5-13-65(14-6-1)69-21-29-73(30-22-69)77-37-45-81(46-38-77)85-53-57-89-90-58-54-86(82-47-39-78(40-48-82)74-31-23-70(24-32-74)66-15-7-2-8-16-66)62-94(90)97(93(89)61-85)95-63-87(83-49-41-79(42-50-83)75-33-25-71(26-34-75)67-17-9-3-10-18-67)55-59-91(95)92-60-56-88(64-96(92)97)84-51-43-80(44-52-84)76-35-27-72(28-36-76)68-19-11-4-12-20-68/h1-64H. The maximum Gasteiger partial charge on any atom is 0.0726 e. The Kier molecular flexibility index (Phi) is 14.2. The summed E-state index contributed by atoms with van der Waals surface area (Å²) in [5, 5.41) is 0. The van der Waals surface area contributed by atoms with Crippen molar-refractivity contribution in [3.05, 3.63) is 411 Å². The topological polar surface area (TPSA) is 0 Å². The third kappa shape index (κ3) is 10.4. The molecule has 2 aliphatic carbocycles. The molecule has 0 atom stereocenters.